The third kappa shape index (κ3) is 7.61. The molecule has 0 spiro atoms. The van der Waals surface area contributed by atoms with E-state index in [-0.39, 0.29) is 24.1 Å². The van der Waals surface area contributed by atoms with Crippen LogP contribution < -0.4 is 21.7 Å². The average molecular weight is 391 g/mol. The molecule has 0 aliphatic heterocycles. The van der Waals surface area contributed by atoms with Crippen LogP contribution in [0.1, 0.15) is 34.1 Å². The third-order valence-corrected chi connectivity index (χ3v) is 4.41. The molecule has 0 aliphatic carbocycles. The molecule has 9 nitrogen and oxygen atoms in total. The number of carbonyl (C=O) groups is 4. The first kappa shape index (κ1) is 24.2. The second kappa shape index (κ2) is 11.7. The topological polar surface area (TPSA) is 151 Å². The lowest BCUT2D eigenvalue weighted by molar-refractivity contribution is -0.142. The van der Waals surface area contributed by atoms with Crippen LogP contribution in [0.2, 0.25) is 0 Å². The zero-order valence-corrected chi connectivity index (χ0v) is 16.5. The van der Waals surface area contributed by atoms with E-state index in [1.165, 1.54) is 0 Å². The van der Waals surface area contributed by atoms with Gasteiger partial charge in [-0.2, -0.15) is 12.6 Å². The number of hydrogen-bond donors (Lipinski definition) is 6. The molecule has 0 saturated heterocycles. The van der Waals surface area contributed by atoms with Gasteiger partial charge in [0.1, 0.15) is 18.1 Å². The Bertz CT molecular complexity index is 515. The number of nitrogens with one attached hydrogen (secondary N) is 3. The number of carboxylic acids is 1. The summed E-state index contributed by atoms with van der Waals surface area (Å²) >= 11 is 3.91. The van der Waals surface area contributed by atoms with E-state index in [0.29, 0.717) is 6.42 Å². The van der Waals surface area contributed by atoms with Crippen LogP contribution in [0.5, 0.6) is 0 Å². The molecule has 0 bridgehead atoms. The summed E-state index contributed by atoms with van der Waals surface area (Å²) in [7, 11) is 0. The molecule has 0 rings (SSSR count). The lowest BCUT2D eigenvalue weighted by Gasteiger charge is -2.28. The van der Waals surface area contributed by atoms with Crippen molar-refractivity contribution in [1.29, 1.82) is 0 Å². The van der Waals surface area contributed by atoms with Crippen molar-refractivity contribution in [2.45, 2.75) is 52.2 Å². The van der Waals surface area contributed by atoms with Crippen molar-refractivity contribution in [1.82, 2.24) is 16.0 Å². The minimum absolute atomic E-state index is 0.0799. The van der Waals surface area contributed by atoms with E-state index in [1.807, 2.05) is 6.92 Å². The van der Waals surface area contributed by atoms with Crippen LogP contribution in [-0.2, 0) is 19.2 Å². The van der Waals surface area contributed by atoms with Crippen LogP contribution >= 0.6 is 12.6 Å². The summed E-state index contributed by atoms with van der Waals surface area (Å²) in [6, 6.07) is -2.96. The zero-order valence-electron chi connectivity index (χ0n) is 15.6. The normalized spacial score (nSPS) is 15.5. The highest BCUT2D eigenvalue weighted by molar-refractivity contribution is 7.80. The predicted octanol–water partition coefficient (Wildman–Crippen LogP) is -0.884. The maximum absolute atomic E-state index is 12.6. The highest BCUT2D eigenvalue weighted by Crippen LogP contribution is 2.10. The summed E-state index contributed by atoms with van der Waals surface area (Å²) in [5.74, 6) is -3.38. The Hall–Kier alpha value is -1.81. The van der Waals surface area contributed by atoms with Crippen LogP contribution in [0.25, 0.3) is 0 Å². The largest absolute Gasteiger partial charge is 0.480 e. The second-order valence-corrected chi connectivity index (χ2v) is 6.81. The number of aliphatic carboxylic acids is 1. The van der Waals surface area contributed by atoms with Crippen molar-refractivity contribution in [3.8, 4) is 0 Å². The van der Waals surface area contributed by atoms with E-state index in [1.54, 1.807) is 20.8 Å². The molecule has 3 amide bonds. The summed E-state index contributed by atoms with van der Waals surface area (Å²) in [6.07, 6.45) is 0.582. The molecule has 0 heterocycles. The molecular formula is C16H30N4O5S. The molecule has 0 aromatic heterocycles. The molecule has 10 heteroatoms. The first-order chi connectivity index (χ1) is 12.1. The minimum Gasteiger partial charge on any atom is -0.480 e. The number of amides is 3. The Kier molecular flexibility index (Phi) is 10.9. The standard InChI is InChI=1S/C16H30N4O5S/c1-5-9(4)13(15(23)18-10(7-26)16(24)25)20-14(22)12(8(2)3)19-11(21)6-17/h8-10,12-13,26H,5-7,17H2,1-4H3,(H,18,23)(H,19,21)(H,20,22)(H,24,25). The minimum atomic E-state index is -1.21. The highest BCUT2D eigenvalue weighted by atomic mass is 32.1. The lowest BCUT2D eigenvalue weighted by atomic mass is 9.96. The predicted molar refractivity (Wildman–Crippen MR) is 101 cm³/mol. The molecule has 4 unspecified atom stereocenters. The zero-order chi connectivity index (χ0) is 20.4. The van der Waals surface area contributed by atoms with E-state index >= 15 is 0 Å². The Morgan fingerprint density at radius 1 is 1.00 bits per heavy atom. The van der Waals surface area contributed by atoms with E-state index in [2.05, 4.69) is 28.6 Å². The maximum Gasteiger partial charge on any atom is 0.327 e. The van der Waals surface area contributed by atoms with Crippen molar-refractivity contribution < 1.29 is 24.3 Å². The van der Waals surface area contributed by atoms with Crippen LogP contribution in [0, 0.1) is 11.8 Å². The molecule has 26 heavy (non-hydrogen) atoms. The van der Waals surface area contributed by atoms with Gasteiger partial charge in [-0.15, -0.1) is 0 Å². The van der Waals surface area contributed by atoms with Crippen molar-refractivity contribution >= 4 is 36.3 Å². The number of thiol groups is 1. The van der Waals surface area contributed by atoms with E-state index in [9.17, 15) is 19.2 Å². The van der Waals surface area contributed by atoms with Gasteiger partial charge in [-0.25, -0.2) is 4.79 Å². The van der Waals surface area contributed by atoms with E-state index < -0.39 is 41.8 Å². The summed E-state index contributed by atoms with van der Waals surface area (Å²) < 4.78 is 0. The van der Waals surface area contributed by atoms with Crippen LogP contribution in [-0.4, -0.2) is 59.2 Å². The number of rotatable bonds is 11. The van der Waals surface area contributed by atoms with E-state index in [0.717, 1.165) is 0 Å². The summed E-state index contributed by atoms with van der Waals surface area (Å²) in [5, 5.41) is 16.6. The van der Waals surface area contributed by atoms with Gasteiger partial charge in [0.15, 0.2) is 0 Å². The molecule has 4 atom stereocenters. The smallest absolute Gasteiger partial charge is 0.327 e. The molecular weight excluding hydrogens is 360 g/mol. The van der Waals surface area contributed by atoms with Crippen molar-refractivity contribution in [3.05, 3.63) is 0 Å². The van der Waals surface area contributed by atoms with Crippen LogP contribution in [0.15, 0.2) is 0 Å². The average Bonchev–Trinajstić information content (AvgIpc) is 2.59. The monoisotopic (exact) mass is 390 g/mol. The fourth-order valence-electron chi connectivity index (χ4n) is 2.16. The number of carbonyl (C=O) groups excluding carboxylic acids is 3. The molecule has 0 saturated carbocycles. The van der Waals surface area contributed by atoms with Gasteiger partial charge in [-0.3, -0.25) is 14.4 Å². The Morgan fingerprint density at radius 2 is 1.54 bits per heavy atom. The second-order valence-electron chi connectivity index (χ2n) is 6.45. The molecule has 0 aromatic rings. The quantitative estimate of drug-likeness (QED) is 0.252. The number of hydrogen-bond acceptors (Lipinski definition) is 6. The Labute approximate surface area is 159 Å². The van der Waals surface area contributed by atoms with Gasteiger partial charge in [0.2, 0.25) is 17.7 Å². The van der Waals surface area contributed by atoms with Gasteiger partial charge >= 0.3 is 5.97 Å². The third-order valence-electron chi connectivity index (χ3n) is 4.04. The molecule has 0 fully saturated rings. The Balaban J connectivity index is 5.29. The number of carboxylic acid groups (broad SMARTS) is 1. The first-order valence-corrected chi connectivity index (χ1v) is 9.15. The molecule has 0 radical (unpaired) electrons. The molecule has 150 valence electrons. The fourth-order valence-corrected chi connectivity index (χ4v) is 2.41. The van der Waals surface area contributed by atoms with Gasteiger partial charge in [0.25, 0.3) is 0 Å². The lowest BCUT2D eigenvalue weighted by Crippen LogP contribution is -2.59. The SMILES string of the molecule is CCC(C)C(NC(=O)C(NC(=O)CN)C(C)C)C(=O)NC(CS)C(=O)O. The van der Waals surface area contributed by atoms with Gasteiger partial charge in [-0.05, 0) is 11.8 Å². The highest BCUT2D eigenvalue weighted by Gasteiger charge is 2.32. The van der Waals surface area contributed by atoms with E-state index in [4.69, 9.17) is 10.8 Å². The summed E-state index contributed by atoms with van der Waals surface area (Å²) in [5.41, 5.74) is 5.27. The van der Waals surface area contributed by atoms with Crippen molar-refractivity contribution in [2.75, 3.05) is 12.3 Å². The van der Waals surface area contributed by atoms with Gasteiger partial charge in [0, 0.05) is 5.75 Å². The van der Waals surface area contributed by atoms with Gasteiger partial charge < -0.3 is 26.8 Å². The first-order valence-electron chi connectivity index (χ1n) is 8.52. The number of nitrogens with two attached hydrogens (primary N) is 1. The maximum atomic E-state index is 12.6. The van der Waals surface area contributed by atoms with Crippen LogP contribution in [0.4, 0.5) is 0 Å². The van der Waals surface area contributed by atoms with Crippen molar-refractivity contribution in [3.63, 3.8) is 0 Å². The summed E-state index contributed by atoms with van der Waals surface area (Å²) in [4.78, 5) is 47.7. The van der Waals surface area contributed by atoms with Gasteiger partial charge in [-0.1, -0.05) is 34.1 Å². The summed E-state index contributed by atoms with van der Waals surface area (Å²) in [6.45, 7) is 6.86. The fraction of sp³-hybridized carbons (Fsp3) is 0.750. The molecule has 0 aliphatic rings. The van der Waals surface area contributed by atoms with Crippen LogP contribution in [0.3, 0.4) is 0 Å². The molecule has 6 N–H and O–H groups in total. The van der Waals surface area contributed by atoms with Gasteiger partial charge in [0.05, 0.1) is 6.54 Å². The Morgan fingerprint density at radius 3 is 1.92 bits per heavy atom. The molecule has 0 aromatic carbocycles. The van der Waals surface area contributed by atoms with Crippen molar-refractivity contribution in [2.24, 2.45) is 17.6 Å².